The third-order valence-electron chi connectivity index (χ3n) is 3.76. The van der Waals surface area contributed by atoms with Gasteiger partial charge in [-0.15, -0.1) is 12.4 Å². The fraction of sp³-hybridized carbons (Fsp3) is 0.588. The first-order valence-electron chi connectivity index (χ1n) is 7.85. The Labute approximate surface area is 150 Å². The molecule has 1 rings (SSSR count). The highest BCUT2D eigenvalue weighted by Gasteiger charge is 2.18. The van der Waals surface area contributed by atoms with Crippen LogP contribution < -0.4 is 24.8 Å². The molecule has 1 amide bonds. The van der Waals surface area contributed by atoms with Gasteiger partial charge in [-0.2, -0.15) is 0 Å². The lowest BCUT2D eigenvalue weighted by Crippen LogP contribution is -2.26. The van der Waals surface area contributed by atoms with Crippen molar-refractivity contribution in [1.82, 2.24) is 0 Å². The van der Waals surface area contributed by atoms with Gasteiger partial charge in [0.25, 0.3) is 0 Å². The van der Waals surface area contributed by atoms with E-state index in [-0.39, 0.29) is 18.3 Å². The summed E-state index contributed by atoms with van der Waals surface area (Å²) in [6.45, 7) is 0.708. The highest BCUT2D eigenvalue weighted by Crippen LogP contribution is 2.40. The molecule has 0 spiro atoms. The molecular formula is C17H29ClN2O4. The Bertz CT molecular complexity index is 486. The van der Waals surface area contributed by atoms with Crippen molar-refractivity contribution in [3.63, 3.8) is 0 Å². The average molecular weight is 361 g/mol. The number of carbonyl (C=O) groups is 1. The summed E-state index contributed by atoms with van der Waals surface area (Å²) >= 11 is 0. The van der Waals surface area contributed by atoms with Gasteiger partial charge in [0.1, 0.15) is 0 Å². The van der Waals surface area contributed by atoms with Crippen LogP contribution in [0.2, 0.25) is 0 Å². The maximum atomic E-state index is 12.3. The van der Waals surface area contributed by atoms with Crippen LogP contribution in [-0.2, 0) is 4.79 Å². The van der Waals surface area contributed by atoms with Gasteiger partial charge in [0.15, 0.2) is 11.5 Å². The number of benzene rings is 1. The summed E-state index contributed by atoms with van der Waals surface area (Å²) < 4.78 is 15.9. The quantitative estimate of drug-likeness (QED) is 0.649. The minimum Gasteiger partial charge on any atom is -0.493 e. The van der Waals surface area contributed by atoms with Crippen molar-refractivity contribution in [2.45, 2.75) is 32.1 Å². The molecule has 1 aromatic rings. The first-order valence-corrected chi connectivity index (χ1v) is 7.85. The van der Waals surface area contributed by atoms with E-state index < -0.39 is 0 Å². The summed E-state index contributed by atoms with van der Waals surface area (Å²) in [7, 11) is 6.42. The van der Waals surface area contributed by atoms with Crippen LogP contribution in [0.4, 0.5) is 5.69 Å². The Balaban J connectivity index is 0.00000529. The number of anilines is 1. The third kappa shape index (κ3) is 6.09. The minimum atomic E-state index is 0. The van der Waals surface area contributed by atoms with Crippen LogP contribution in [0.5, 0.6) is 17.2 Å². The van der Waals surface area contributed by atoms with Gasteiger partial charge in [-0.3, -0.25) is 4.79 Å². The summed E-state index contributed by atoms with van der Waals surface area (Å²) in [5.74, 6) is 1.64. The lowest BCUT2D eigenvalue weighted by Gasteiger charge is -2.20. The highest BCUT2D eigenvalue weighted by atomic mass is 35.5. The Morgan fingerprint density at radius 3 is 2.00 bits per heavy atom. The summed E-state index contributed by atoms with van der Waals surface area (Å²) in [5.41, 5.74) is 6.18. The fourth-order valence-electron chi connectivity index (χ4n) is 2.35. The van der Waals surface area contributed by atoms with Gasteiger partial charge in [0.05, 0.1) is 27.0 Å². The normalized spacial score (nSPS) is 9.88. The lowest BCUT2D eigenvalue weighted by molar-refractivity contribution is -0.118. The molecule has 0 fully saturated rings. The van der Waals surface area contributed by atoms with E-state index in [1.54, 1.807) is 45.4 Å². The van der Waals surface area contributed by atoms with Crippen LogP contribution in [0, 0.1) is 0 Å². The summed E-state index contributed by atoms with van der Waals surface area (Å²) in [4.78, 5) is 13.9. The molecule has 0 aliphatic carbocycles. The van der Waals surface area contributed by atoms with Crippen LogP contribution in [0.15, 0.2) is 12.1 Å². The van der Waals surface area contributed by atoms with Gasteiger partial charge >= 0.3 is 0 Å². The smallest absolute Gasteiger partial charge is 0.226 e. The standard InChI is InChI=1S/C17H28N2O4.ClH/c1-19(16(20)9-7-5-6-8-10-18)13-11-14(21-2)17(23-4)15(12-13)22-3;/h11-12H,5-10,18H2,1-4H3;1H. The number of hydrogen-bond acceptors (Lipinski definition) is 5. The summed E-state index contributed by atoms with van der Waals surface area (Å²) in [5, 5.41) is 0. The van der Waals surface area contributed by atoms with E-state index >= 15 is 0 Å². The monoisotopic (exact) mass is 360 g/mol. The van der Waals surface area contributed by atoms with Gasteiger partial charge in [0.2, 0.25) is 11.7 Å². The van der Waals surface area contributed by atoms with Crippen molar-refractivity contribution in [2.75, 3.05) is 39.8 Å². The molecule has 0 aliphatic heterocycles. The maximum absolute atomic E-state index is 12.3. The molecule has 138 valence electrons. The van der Waals surface area contributed by atoms with Crippen molar-refractivity contribution in [1.29, 1.82) is 0 Å². The highest BCUT2D eigenvalue weighted by molar-refractivity contribution is 5.93. The SMILES string of the molecule is COc1cc(N(C)C(=O)CCCCCCN)cc(OC)c1OC.Cl. The molecule has 7 heteroatoms. The van der Waals surface area contributed by atoms with Gasteiger partial charge < -0.3 is 24.8 Å². The number of methoxy groups -OCH3 is 3. The Hall–Kier alpha value is -1.66. The number of nitrogens with zero attached hydrogens (tertiary/aromatic N) is 1. The predicted molar refractivity (Wildman–Crippen MR) is 98.9 cm³/mol. The van der Waals surface area contributed by atoms with Crippen LogP contribution >= 0.6 is 12.4 Å². The summed E-state index contributed by atoms with van der Waals surface area (Å²) in [6, 6.07) is 3.54. The van der Waals surface area contributed by atoms with E-state index in [0.29, 0.717) is 35.9 Å². The maximum Gasteiger partial charge on any atom is 0.226 e. The number of rotatable bonds is 10. The molecule has 0 saturated heterocycles. The van der Waals surface area contributed by atoms with Crippen LogP contribution in [-0.4, -0.2) is 40.8 Å². The number of amides is 1. The topological polar surface area (TPSA) is 74.0 Å². The Kier molecular flexibility index (Phi) is 11.0. The van der Waals surface area contributed by atoms with E-state index in [9.17, 15) is 4.79 Å². The van der Waals surface area contributed by atoms with Gasteiger partial charge in [-0.05, 0) is 19.4 Å². The molecule has 0 atom stereocenters. The molecule has 2 N–H and O–H groups in total. The van der Waals surface area contributed by atoms with E-state index in [2.05, 4.69) is 0 Å². The zero-order valence-electron chi connectivity index (χ0n) is 15.0. The predicted octanol–water partition coefficient (Wildman–Crippen LogP) is 3.01. The summed E-state index contributed by atoms with van der Waals surface area (Å²) in [6.07, 6.45) is 4.48. The number of hydrogen-bond donors (Lipinski definition) is 1. The van der Waals surface area contributed by atoms with E-state index in [4.69, 9.17) is 19.9 Å². The van der Waals surface area contributed by atoms with Crippen molar-refractivity contribution in [3.8, 4) is 17.2 Å². The van der Waals surface area contributed by atoms with E-state index in [1.807, 2.05) is 0 Å². The lowest BCUT2D eigenvalue weighted by atomic mass is 10.1. The molecule has 6 nitrogen and oxygen atoms in total. The zero-order chi connectivity index (χ0) is 17.2. The number of unbranched alkanes of at least 4 members (excludes halogenated alkanes) is 3. The van der Waals surface area contributed by atoms with E-state index in [0.717, 1.165) is 25.7 Å². The molecule has 1 aromatic carbocycles. The second kappa shape index (κ2) is 11.8. The van der Waals surface area contributed by atoms with Crippen LogP contribution in [0.1, 0.15) is 32.1 Å². The van der Waals surface area contributed by atoms with Crippen molar-refractivity contribution in [2.24, 2.45) is 5.73 Å². The molecule has 0 bridgehead atoms. The average Bonchev–Trinajstić information content (AvgIpc) is 2.59. The molecule has 0 heterocycles. The third-order valence-corrected chi connectivity index (χ3v) is 3.76. The molecule has 24 heavy (non-hydrogen) atoms. The second-order valence-corrected chi connectivity index (χ2v) is 5.29. The zero-order valence-corrected chi connectivity index (χ0v) is 15.8. The first kappa shape index (κ1) is 22.3. The van der Waals surface area contributed by atoms with Crippen LogP contribution in [0.3, 0.4) is 0 Å². The molecule has 0 aromatic heterocycles. The number of ether oxygens (including phenoxy) is 3. The van der Waals surface area contributed by atoms with E-state index in [1.165, 1.54) is 0 Å². The molecule has 0 unspecified atom stereocenters. The molecular weight excluding hydrogens is 332 g/mol. The fourth-order valence-corrected chi connectivity index (χ4v) is 2.35. The Morgan fingerprint density at radius 1 is 1.00 bits per heavy atom. The van der Waals surface area contributed by atoms with Gasteiger partial charge in [0, 0.05) is 25.6 Å². The van der Waals surface area contributed by atoms with Crippen LogP contribution in [0.25, 0.3) is 0 Å². The van der Waals surface area contributed by atoms with Crippen molar-refractivity contribution in [3.05, 3.63) is 12.1 Å². The van der Waals surface area contributed by atoms with Crippen molar-refractivity contribution >= 4 is 24.0 Å². The first-order chi connectivity index (χ1) is 11.1. The Morgan fingerprint density at radius 2 is 1.54 bits per heavy atom. The minimum absolute atomic E-state index is 0. The largest absolute Gasteiger partial charge is 0.493 e. The molecule has 0 aliphatic rings. The number of nitrogens with two attached hydrogens (primary N) is 1. The van der Waals surface area contributed by atoms with Crippen molar-refractivity contribution < 1.29 is 19.0 Å². The molecule has 0 radical (unpaired) electrons. The van der Waals surface area contributed by atoms with Gasteiger partial charge in [-0.25, -0.2) is 0 Å². The number of carbonyl (C=O) groups excluding carboxylic acids is 1. The number of halogens is 1. The second-order valence-electron chi connectivity index (χ2n) is 5.29. The molecule has 0 saturated carbocycles. The van der Waals surface area contributed by atoms with Gasteiger partial charge in [-0.1, -0.05) is 12.8 Å².